The lowest BCUT2D eigenvalue weighted by Crippen LogP contribution is -2.35. The average Bonchev–Trinajstić information content (AvgIpc) is 2.81. The zero-order valence-electron chi connectivity index (χ0n) is 10.1. The van der Waals surface area contributed by atoms with E-state index < -0.39 is 10.9 Å². The Hall–Kier alpha value is -1.37. The third-order valence-electron chi connectivity index (χ3n) is 2.79. The molecule has 0 bridgehead atoms. The van der Waals surface area contributed by atoms with Crippen LogP contribution in [0.4, 0.5) is 4.39 Å². The van der Waals surface area contributed by atoms with Crippen molar-refractivity contribution in [1.29, 1.82) is 0 Å². The van der Waals surface area contributed by atoms with E-state index in [1.165, 1.54) is 7.05 Å². The van der Waals surface area contributed by atoms with Gasteiger partial charge in [0.05, 0.1) is 11.5 Å². The van der Waals surface area contributed by atoms with Gasteiger partial charge >= 0.3 is 5.95 Å². The van der Waals surface area contributed by atoms with Gasteiger partial charge in [0.25, 0.3) is 0 Å². The van der Waals surface area contributed by atoms with E-state index in [-0.39, 0.29) is 5.82 Å². The van der Waals surface area contributed by atoms with Crippen LogP contribution in [0.5, 0.6) is 0 Å². The predicted octanol–water partition coefficient (Wildman–Crippen LogP) is 0.937. The Morgan fingerprint density at radius 1 is 1.71 bits per heavy atom. The van der Waals surface area contributed by atoms with Gasteiger partial charge in [0.2, 0.25) is 5.82 Å². The van der Waals surface area contributed by atoms with Crippen molar-refractivity contribution in [3.8, 4) is 0 Å². The first-order valence-corrected chi connectivity index (χ1v) is 5.64. The van der Waals surface area contributed by atoms with E-state index in [9.17, 15) is 14.5 Å². The van der Waals surface area contributed by atoms with Gasteiger partial charge in [-0.25, -0.2) is 0 Å². The molecule has 1 heterocycles. The summed E-state index contributed by atoms with van der Waals surface area (Å²) < 4.78 is 18.6. The van der Waals surface area contributed by atoms with Gasteiger partial charge in [-0.3, -0.25) is 10.1 Å². The van der Waals surface area contributed by atoms with Crippen LogP contribution in [-0.2, 0) is 4.74 Å². The van der Waals surface area contributed by atoms with Gasteiger partial charge in [0, 0.05) is 32.7 Å². The van der Waals surface area contributed by atoms with Crippen LogP contribution in [0.25, 0.3) is 0 Å². The van der Waals surface area contributed by atoms with Gasteiger partial charge in [0.1, 0.15) is 0 Å². The zero-order valence-corrected chi connectivity index (χ0v) is 10.1. The lowest BCUT2D eigenvalue weighted by molar-refractivity contribution is -0.450. The highest BCUT2D eigenvalue weighted by molar-refractivity contribution is 4.99. The topological polar surface area (TPSA) is 67.6 Å². The third kappa shape index (κ3) is 3.55. The Morgan fingerprint density at radius 2 is 2.41 bits per heavy atom. The molecule has 0 aliphatic carbocycles. The minimum absolute atomic E-state index is 0.0654. The van der Waals surface area contributed by atoms with E-state index in [4.69, 9.17) is 4.74 Å². The average molecular weight is 247 g/mol. The summed E-state index contributed by atoms with van der Waals surface area (Å²) >= 11 is 0. The first kappa shape index (κ1) is 13.7. The first-order valence-electron chi connectivity index (χ1n) is 5.64. The quantitative estimate of drug-likeness (QED) is 0.430. The fourth-order valence-corrected chi connectivity index (χ4v) is 1.90. The molecule has 0 saturated carbocycles. The van der Waals surface area contributed by atoms with Gasteiger partial charge in [-0.15, -0.1) is 4.39 Å². The molecule has 1 rings (SSSR count). The lowest BCUT2D eigenvalue weighted by atomic mass is 10.1. The van der Waals surface area contributed by atoms with Crippen molar-refractivity contribution in [2.75, 3.05) is 33.4 Å². The number of hydrogen-bond acceptors (Lipinski definition) is 5. The maximum absolute atomic E-state index is 13.3. The third-order valence-corrected chi connectivity index (χ3v) is 2.79. The predicted molar refractivity (Wildman–Crippen MR) is 60.4 cm³/mol. The fourth-order valence-electron chi connectivity index (χ4n) is 1.90. The summed E-state index contributed by atoms with van der Waals surface area (Å²) in [5, 5.41) is 13.0. The molecule has 17 heavy (non-hydrogen) atoms. The Labute approximate surface area is 99.6 Å². The fraction of sp³-hybridized carbons (Fsp3) is 0.800. The number of halogens is 1. The van der Waals surface area contributed by atoms with E-state index in [1.807, 2.05) is 6.92 Å². The smallest absolute Gasteiger partial charge is 0.381 e. The summed E-state index contributed by atoms with van der Waals surface area (Å²) in [6.45, 7) is 4.24. The van der Waals surface area contributed by atoms with Crippen molar-refractivity contribution in [2.45, 2.75) is 13.3 Å². The highest BCUT2D eigenvalue weighted by Gasteiger charge is 2.25. The van der Waals surface area contributed by atoms with E-state index in [1.54, 1.807) is 4.90 Å². The molecule has 1 fully saturated rings. The normalized spacial score (nSPS) is 21.0. The van der Waals surface area contributed by atoms with Gasteiger partial charge in [0.15, 0.2) is 0 Å². The zero-order chi connectivity index (χ0) is 12.8. The number of nitrogens with one attached hydrogen (secondary N) is 1. The lowest BCUT2D eigenvalue weighted by Gasteiger charge is -2.26. The monoisotopic (exact) mass is 247 g/mol. The molecular weight excluding hydrogens is 229 g/mol. The molecule has 1 aliphatic heterocycles. The van der Waals surface area contributed by atoms with E-state index in [0.717, 1.165) is 6.42 Å². The molecular formula is C10H18FN3O3. The number of hydrogen-bond donors (Lipinski definition) is 1. The Bertz CT molecular complexity index is 303. The van der Waals surface area contributed by atoms with Crippen LogP contribution in [0.1, 0.15) is 13.3 Å². The molecule has 0 radical (unpaired) electrons. The molecule has 98 valence electrons. The van der Waals surface area contributed by atoms with E-state index >= 15 is 0 Å². The summed E-state index contributed by atoms with van der Waals surface area (Å²) in [5.41, 5.74) is 0. The van der Waals surface area contributed by atoms with E-state index in [2.05, 4.69) is 5.32 Å². The van der Waals surface area contributed by atoms with Crippen LogP contribution in [-0.4, -0.2) is 43.2 Å². The summed E-state index contributed by atoms with van der Waals surface area (Å²) in [4.78, 5) is 11.1. The molecule has 1 N–H and O–H groups in total. The molecule has 0 aromatic heterocycles. The first-order chi connectivity index (χ1) is 8.10. The molecule has 0 spiro atoms. The van der Waals surface area contributed by atoms with Crippen molar-refractivity contribution in [1.82, 2.24) is 10.2 Å². The van der Waals surface area contributed by atoms with Crippen LogP contribution in [0, 0.1) is 16.0 Å². The second kappa shape index (κ2) is 6.39. The van der Waals surface area contributed by atoms with Crippen LogP contribution in [0.2, 0.25) is 0 Å². The number of rotatable bonds is 6. The summed E-state index contributed by atoms with van der Waals surface area (Å²) in [5.74, 6) is -1.10. The molecule has 1 unspecified atom stereocenters. The summed E-state index contributed by atoms with van der Waals surface area (Å²) in [7, 11) is 1.48. The van der Waals surface area contributed by atoms with Crippen molar-refractivity contribution >= 4 is 0 Å². The number of nitrogens with zero attached hydrogens (tertiary/aromatic N) is 2. The summed E-state index contributed by atoms with van der Waals surface area (Å²) in [6, 6.07) is 0. The second-order valence-corrected chi connectivity index (χ2v) is 3.91. The van der Waals surface area contributed by atoms with Crippen molar-refractivity contribution in [3.63, 3.8) is 0 Å². The van der Waals surface area contributed by atoms with Gasteiger partial charge in [-0.05, 0) is 13.3 Å². The Kier molecular flexibility index (Phi) is 5.14. The molecule has 1 aliphatic rings. The largest absolute Gasteiger partial charge is 0.460 e. The molecule has 1 saturated heterocycles. The maximum atomic E-state index is 13.3. The molecule has 6 nitrogen and oxygen atoms in total. The van der Waals surface area contributed by atoms with Gasteiger partial charge in [-0.2, -0.15) is 0 Å². The van der Waals surface area contributed by atoms with E-state index in [0.29, 0.717) is 32.2 Å². The van der Waals surface area contributed by atoms with Crippen molar-refractivity contribution < 1.29 is 14.1 Å². The minimum atomic E-state index is -1.34. The van der Waals surface area contributed by atoms with Gasteiger partial charge < -0.3 is 15.0 Å². The van der Waals surface area contributed by atoms with Crippen molar-refractivity contribution in [3.05, 3.63) is 21.9 Å². The van der Waals surface area contributed by atoms with Crippen LogP contribution in [0.15, 0.2) is 11.8 Å². The molecule has 0 amide bonds. The van der Waals surface area contributed by atoms with Crippen LogP contribution >= 0.6 is 0 Å². The maximum Gasteiger partial charge on any atom is 0.460 e. The molecule has 0 aromatic rings. The van der Waals surface area contributed by atoms with Crippen molar-refractivity contribution in [2.24, 2.45) is 5.92 Å². The molecule has 7 heteroatoms. The molecule has 1 atom stereocenters. The van der Waals surface area contributed by atoms with Gasteiger partial charge in [-0.1, -0.05) is 0 Å². The Morgan fingerprint density at radius 3 is 2.82 bits per heavy atom. The minimum Gasteiger partial charge on any atom is -0.381 e. The van der Waals surface area contributed by atoms with Crippen LogP contribution in [0.3, 0.4) is 0 Å². The summed E-state index contributed by atoms with van der Waals surface area (Å²) in [6.07, 6.45) is 0.910. The SMILES string of the molecule is CCN(CC1CCOC1)C(NC)=C(F)[N+](=O)[O-]. The second-order valence-electron chi connectivity index (χ2n) is 3.91. The number of ether oxygens (including phenoxy) is 1. The highest BCUT2D eigenvalue weighted by atomic mass is 19.1. The molecule has 0 aromatic carbocycles. The van der Waals surface area contributed by atoms with Crippen LogP contribution < -0.4 is 5.32 Å². The Balaban J connectivity index is 2.75. The standard InChI is InChI=1S/C10H18FN3O3/c1-3-13(6-8-4-5-17-7-8)10(12-2)9(11)14(15)16/h8,12H,3-7H2,1-2H3. The highest BCUT2D eigenvalue weighted by Crippen LogP contribution is 2.17. The number of nitro groups is 1.